The summed E-state index contributed by atoms with van der Waals surface area (Å²) in [5.41, 5.74) is 1.39. The number of nitrogens with one attached hydrogen (secondary N) is 1. The van der Waals surface area contributed by atoms with Crippen molar-refractivity contribution in [2.45, 2.75) is 39.3 Å². The fourth-order valence-corrected chi connectivity index (χ4v) is 3.60. The number of aryl methyl sites for hydroxylation is 1. The Hall–Kier alpha value is -2.08. The Morgan fingerprint density at radius 3 is 2.76 bits per heavy atom. The summed E-state index contributed by atoms with van der Waals surface area (Å²) in [6, 6.07) is 5.63. The van der Waals surface area contributed by atoms with Crippen LogP contribution < -0.4 is 5.32 Å². The third kappa shape index (κ3) is 3.35. The first-order valence-corrected chi connectivity index (χ1v) is 8.74. The summed E-state index contributed by atoms with van der Waals surface area (Å²) < 4.78 is 1.75. The molecule has 2 aromatic rings. The van der Waals surface area contributed by atoms with Crippen LogP contribution in [0.1, 0.15) is 32.9 Å². The number of fused-ring (bicyclic) bond motifs is 1. The molecule has 1 atom stereocenters. The normalized spacial score (nSPS) is 18.2. The molecular weight excluding hydrogens is 340 g/mol. The van der Waals surface area contributed by atoms with Crippen LogP contribution in [0.5, 0.6) is 0 Å². The van der Waals surface area contributed by atoms with Crippen molar-refractivity contribution in [1.29, 1.82) is 0 Å². The van der Waals surface area contributed by atoms with Gasteiger partial charge in [0.05, 0.1) is 28.7 Å². The van der Waals surface area contributed by atoms with Crippen LogP contribution in [-0.2, 0) is 23.2 Å². The highest BCUT2D eigenvalue weighted by atomic mass is 35.5. The van der Waals surface area contributed by atoms with E-state index in [1.807, 2.05) is 46.0 Å². The topological polar surface area (TPSA) is 67.2 Å². The number of carbonyl (C=O) groups excluding carboxylic acids is 2. The van der Waals surface area contributed by atoms with Crippen molar-refractivity contribution in [3.05, 3.63) is 28.9 Å². The standard InChI is InChI=1S/C18H23ClN4O2/c1-18(2,3)23-10-11(8-15(23)24)17(25)20-9-13-16-12(19)6-5-7-14(16)22(4)21-13/h5-7,11H,8-10H2,1-4H3,(H,20,25)/t11-/m1/s1. The van der Waals surface area contributed by atoms with E-state index in [1.165, 1.54) is 0 Å². The highest BCUT2D eigenvalue weighted by Crippen LogP contribution is 2.28. The SMILES string of the molecule is Cn1nc(CNC(=O)[C@@H]2CC(=O)N(C(C)(C)C)C2)c2c(Cl)cccc21. The Balaban J connectivity index is 1.71. The van der Waals surface area contributed by atoms with Crippen LogP contribution in [0.2, 0.25) is 5.02 Å². The lowest BCUT2D eigenvalue weighted by atomic mass is 10.1. The van der Waals surface area contributed by atoms with Crippen LogP contribution in [0.25, 0.3) is 10.9 Å². The van der Waals surface area contributed by atoms with Gasteiger partial charge in [-0.25, -0.2) is 0 Å². The van der Waals surface area contributed by atoms with Gasteiger partial charge in [-0.15, -0.1) is 0 Å². The Morgan fingerprint density at radius 1 is 1.40 bits per heavy atom. The molecule has 7 heteroatoms. The molecule has 3 rings (SSSR count). The molecule has 1 saturated heterocycles. The van der Waals surface area contributed by atoms with Crippen molar-refractivity contribution in [2.75, 3.05) is 6.54 Å². The van der Waals surface area contributed by atoms with Crippen LogP contribution in [0.15, 0.2) is 18.2 Å². The van der Waals surface area contributed by atoms with Gasteiger partial charge in [0.25, 0.3) is 0 Å². The van der Waals surface area contributed by atoms with Gasteiger partial charge in [-0.3, -0.25) is 14.3 Å². The second-order valence-electron chi connectivity index (χ2n) is 7.50. The summed E-state index contributed by atoms with van der Waals surface area (Å²) in [7, 11) is 1.85. The molecule has 0 radical (unpaired) electrons. The van der Waals surface area contributed by atoms with E-state index >= 15 is 0 Å². The van der Waals surface area contributed by atoms with Crippen LogP contribution in [0.4, 0.5) is 0 Å². The molecule has 0 bridgehead atoms. The number of rotatable bonds is 3. The predicted octanol–water partition coefficient (Wildman–Crippen LogP) is 2.49. The third-order valence-corrected chi connectivity index (χ3v) is 4.95. The number of likely N-dealkylation sites (tertiary alicyclic amines) is 1. The number of benzene rings is 1. The maximum Gasteiger partial charge on any atom is 0.225 e. The molecule has 0 saturated carbocycles. The van der Waals surface area contributed by atoms with Crippen molar-refractivity contribution < 1.29 is 9.59 Å². The summed E-state index contributed by atoms with van der Waals surface area (Å²) in [6.45, 7) is 6.69. The van der Waals surface area contributed by atoms with Gasteiger partial charge in [0, 0.05) is 30.9 Å². The zero-order valence-electron chi connectivity index (χ0n) is 15.0. The average Bonchev–Trinajstić information content (AvgIpc) is 3.07. The average molecular weight is 363 g/mol. The molecule has 0 unspecified atom stereocenters. The molecule has 1 aromatic carbocycles. The molecule has 25 heavy (non-hydrogen) atoms. The van der Waals surface area contributed by atoms with E-state index in [0.29, 0.717) is 18.1 Å². The van der Waals surface area contributed by atoms with Crippen molar-refractivity contribution >= 4 is 34.3 Å². The molecule has 1 fully saturated rings. The van der Waals surface area contributed by atoms with E-state index < -0.39 is 0 Å². The molecule has 1 aliphatic rings. The number of hydrogen-bond donors (Lipinski definition) is 1. The van der Waals surface area contributed by atoms with Crippen LogP contribution in [0, 0.1) is 5.92 Å². The number of nitrogens with zero attached hydrogens (tertiary/aromatic N) is 3. The highest BCUT2D eigenvalue weighted by molar-refractivity contribution is 6.35. The fraction of sp³-hybridized carbons (Fsp3) is 0.500. The predicted molar refractivity (Wildman–Crippen MR) is 97.1 cm³/mol. The molecule has 134 valence electrons. The lowest BCUT2D eigenvalue weighted by Crippen LogP contribution is -2.43. The minimum Gasteiger partial charge on any atom is -0.350 e. The monoisotopic (exact) mass is 362 g/mol. The molecule has 0 spiro atoms. The molecule has 0 aliphatic carbocycles. The van der Waals surface area contributed by atoms with Gasteiger partial charge in [0.15, 0.2) is 0 Å². The van der Waals surface area contributed by atoms with Gasteiger partial charge in [-0.05, 0) is 32.9 Å². The first-order chi connectivity index (χ1) is 11.7. The van der Waals surface area contributed by atoms with Crippen molar-refractivity contribution in [1.82, 2.24) is 20.0 Å². The van der Waals surface area contributed by atoms with E-state index in [-0.39, 0.29) is 29.7 Å². The van der Waals surface area contributed by atoms with Gasteiger partial charge < -0.3 is 10.2 Å². The van der Waals surface area contributed by atoms with E-state index in [9.17, 15) is 9.59 Å². The van der Waals surface area contributed by atoms with Gasteiger partial charge in [-0.1, -0.05) is 17.7 Å². The van der Waals surface area contributed by atoms with Gasteiger partial charge >= 0.3 is 0 Å². The Labute approximate surface area is 152 Å². The summed E-state index contributed by atoms with van der Waals surface area (Å²) in [6.07, 6.45) is 0.257. The molecule has 1 aliphatic heterocycles. The zero-order chi connectivity index (χ0) is 18.4. The maximum atomic E-state index is 12.5. The Kier molecular flexibility index (Phi) is 4.49. The molecule has 2 amide bonds. The summed E-state index contributed by atoms with van der Waals surface area (Å²) in [5, 5.41) is 8.84. The quantitative estimate of drug-likeness (QED) is 0.912. The smallest absolute Gasteiger partial charge is 0.225 e. The number of aromatic nitrogens is 2. The Morgan fingerprint density at radius 2 is 2.12 bits per heavy atom. The molecule has 2 heterocycles. The molecule has 1 aromatic heterocycles. The number of amides is 2. The summed E-state index contributed by atoms with van der Waals surface area (Å²) >= 11 is 6.29. The number of halogens is 1. The van der Waals surface area contributed by atoms with Crippen molar-refractivity contribution in [3.8, 4) is 0 Å². The van der Waals surface area contributed by atoms with Gasteiger partial charge in [-0.2, -0.15) is 5.10 Å². The molecule has 1 N–H and O–H groups in total. The zero-order valence-corrected chi connectivity index (χ0v) is 15.7. The van der Waals surface area contributed by atoms with Crippen LogP contribution >= 0.6 is 11.6 Å². The number of carbonyl (C=O) groups is 2. The van der Waals surface area contributed by atoms with E-state index in [0.717, 1.165) is 16.6 Å². The second kappa shape index (κ2) is 6.33. The summed E-state index contributed by atoms with van der Waals surface area (Å²) in [5.74, 6) is -0.415. The van der Waals surface area contributed by atoms with Crippen LogP contribution in [0.3, 0.4) is 0 Å². The van der Waals surface area contributed by atoms with Gasteiger partial charge in [0.2, 0.25) is 11.8 Å². The fourth-order valence-electron chi connectivity index (χ4n) is 3.32. The minimum atomic E-state index is -0.322. The second-order valence-corrected chi connectivity index (χ2v) is 7.91. The van der Waals surface area contributed by atoms with Crippen molar-refractivity contribution in [2.24, 2.45) is 13.0 Å². The van der Waals surface area contributed by atoms with Crippen LogP contribution in [-0.4, -0.2) is 38.6 Å². The first kappa shape index (κ1) is 17.7. The molecule has 6 nitrogen and oxygen atoms in total. The maximum absolute atomic E-state index is 12.5. The van der Waals surface area contributed by atoms with E-state index in [2.05, 4.69) is 10.4 Å². The summed E-state index contributed by atoms with van der Waals surface area (Å²) in [4.78, 5) is 26.4. The lowest BCUT2D eigenvalue weighted by Gasteiger charge is -2.31. The third-order valence-electron chi connectivity index (χ3n) is 4.64. The lowest BCUT2D eigenvalue weighted by molar-refractivity contribution is -0.132. The first-order valence-electron chi connectivity index (χ1n) is 8.36. The highest BCUT2D eigenvalue weighted by Gasteiger charge is 2.39. The van der Waals surface area contributed by atoms with E-state index in [1.54, 1.807) is 9.58 Å². The van der Waals surface area contributed by atoms with Crippen molar-refractivity contribution in [3.63, 3.8) is 0 Å². The van der Waals surface area contributed by atoms with E-state index in [4.69, 9.17) is 11.6 Å². The largest absolute Gasteiger partial charge is 0.350 e. The van der Waals surface area contributed by atoms with Gasteiger partial charge in [0.1, 0.15) is 0 Å². The minimum absolute atomic E-state index is 0.0268. The Bertz CT molecular complexity index is 837. The number of hydrogen-bond acceptors (Lipinski definition) is 3. The molecular formula is C18H23ClN4O2.